The van der Waals surface area contributed by atoms with Gasteiger partial charge in [-0.2, -0.15) is 0 Å². The van der Waals surface area contributed by atoms with E-state index in [4.69, 9.17) is 4.74 Å². The summed E-state index contributed by atoms with van der Waals surface area (Å²) in [6.07, 6.45) is 0. The molecule has 0 aliphatic rings. The van der Waals surface area contributed by atoms with Gasteiger partial charge in [0.15, 0.2) is 0 Å². The summed E-state index contributed by atoms with van der Waals surface area (Å²) in [4.78, 5) is 15.5. The Balaban J connectivity index is 2.41. The number of hydrogen-bond acceptors (Lipinski definition) is 3. The first kappa shape index (κ1) is 19.2. The van der Waals surface area contributed by atoms with Crippen LogP contribution < -0.4 is 4.74 Å². The Morgan fingerprint density at radius 3 is 2.19 bits per heavy atom. The monoisotopic (exact) mass is 365 g/mol. The van der Waals surface area contributed by atoms with E-state index < -0.39 is 0 Å². The molecule has 0 saturated heterocycles. The van der Waals surface area contributed by atoms with Crippen molar-refractivity contribution >= 4 is 27.5 Å². The molecule has 0 aromatic heterocycles. The average Bonchev–Trinajstić information content (AvgIpc) is 2.65. The lowest BCUT2D eigenvalue weighted by Gasteiger charge is -2.32. The van der Waals surface area contributed by atoms with E-state index in [0.717, 1.165) is 27.3 Å². The van der Waals surface area contributed by atoms with Gasteiger partial charge in [0.2, 0.25) is 0 Å². The van der Waals surface area contributed by atoms with Crippen molar-refractivity contribution in [2.75, 3.05) is 7.11 Å². The van der Waals surface area contributed by atoms with Crippen LogP contribution in [0.5, 0.6) is 5.75 Å². The molecule has 0 radical (unpaired) electrons. The highest BCUT2D eigenvalue weighted by Crippen LogP contribution is 2.34. The number of aliphatic hydroxyl groups is 1. The van der Waals surface area contributed by atoms with E-state index in [-0.39, 0.29) is 24.6 Å². The summed E-state index contributed by atoms with van der Waals surface area (Å²) >= 11 is 0. The van der Waals surface area contributed by atoms with Gasteiger partial charge in [-0.25, -0.2) is 0 Å². The van der Waals surface area contributed by atoms with Crippen LogP contribution in [0.1, 0.15) is 43.6 Å². The van der Waals surface area contributed by atoms with Crippen LogP contribution in [-0.2, 0) is 6.61 Å². The largest absolute Gasteiger partial charge is 0.497 e. The predicted octanol–water partition coefficient (Wildman–Crippen LogP) is 4.75. The van der Waals surface area contributed by atoms with E-state index in [2.05, 4.69) is 0 Å². The molecule has 0 aliphatic heterocycles. The fraction of sp³-hybridized carbons (Fsp3) is 0.348. The minimum atomic E-state index is -0.179. The van der Waals surface area contributed by atoms with Crippen molar-refractivity contribution in [2.45, 2.75) is 46.4 Å². The molecule has 0 fully saturated rings. The van der Waals surface area contributed by atoms with Crippen molar-refractivity contribution in [3.63, 3.8) is 0 Å². The molecule has 0 unspecified atom stereocenters. The molecule has 3 aromatic carbocycles. The lowest BCUT2D eigenvalue weighted by Crippen LogP contribution is -2.42. The van der Waals surface area contributed by atoms with Gasteiger partial charge in [0.25, 0.3) is 5.91 Å². The third-order valence-corrected chi connectivity index (χ3v) is 5.03. The van der Waals surface area contributed by atoms with Gasteiger partial charge in [0.05, 0.1) is 19.3 Å². The van der Waals surface area contributed by atoms with E-state index in [1.807, 2.05) is 75.1 Å². The molecular formula is C23H27NO3. The zero-order chi connectivity index (χ0) is 19.7. The van der Waals surface area contributed by atoms with Gasteiger partial charge in [-0.15, -0.1) is 0 Å². The average molecular weight is 365 g/mol. The van der Waals surface area contributed by atoms with Crippen molar-refractivity contribution in [1.29, 1.82) is 0 Å². The Morgan fingerprint density at radius 2 is 1.59 bits per heavy atom. The Labute approximate surface area is 160 Å². The normalized spacial score (nSPS) is 11.6. The van der Waals surface area contributed by atoms with Crippen LogP contribution in [-0.4, -0.2) is 35.1 Å². The van der Waals surface area contributed by atoms with Crippen LogP contribution in [0.15, 0.2) is 42.5 Å². The summed E-state index contributed by atoms with van der Waals surface area (Å²) < 4.78 is 5.41. The van der Waals surface area contributed by atoms with Crippen LogP contribution in [0, 0.1) is 0 Å². The van der Waals surface area contributed by atoms with Crippen molar-refractivity contribution < 1.29 is 14.6 Å². The number of amides is 1. The highest BCUT2D eigenvalue weighted by molar-refractivity contribution is 6.18. The molecule has 3 rings (SSSR count). The predicted molar refractivity (Wildman–Crippen MR) is 110 cm³/mol. The maximum Gasteiger partial charge on any atom is 0.255 e. The zero-order valence-electron chi connectivity index (χ0n) is 16.6. The minimum absolute atomic E-state index is 0.0510. The molecule has 0 saturated carbocycles. The first-order valence-electron chi connectivity index (χ1n) is 9.35. The smallest absolute Gasteiger partial charge is 0.255 e. The van der Waals surface area contributed by atoms with Crippen molar-refractivity contribution in [3.05, 3.63) is 53.6 Å². The number of benzene rings is 3. The Kier molecular flexibility index (Phi) is 5.38. The molecular weight excluding hydrogens is 338 g/mol. The van der Waals surface area contributed by atoms with Gasteiger partial charge in [0.1, 0.15) is 5.75 Å². The molecule has 142 valence electrons. The van der Waals surface area contributed by atoms with Crippen LogP contribution in [0.3, 0.4) is 0 Å². The maximum atomic E-state index is 13.6. The first-order valence-corrected chi connectivity index (χ1v) is 9.35. The van der Waals surface area contributed by atoms with E-state index in [1.165, 1.54) is 0 Å². The summed E-state index contributed by atoms with van der Waals surface area (Å²) in [5.41, 5.74) is 1.23. The number of hydrogen-bond donors (Lipinski definition) is 1. The van der Waals surface area contributed by atoms with Crippen LogP contribution in [0.25, 0.3) is 21.5 Å². The number of carbonyl (C=O) groups is 1. The number of methoxy groups -OCH3 is 1. The van der Waals surface area contributed by atoms with Crippen molar-refractivity contribution in [3.8, 4) is 5.75 Å². The van der Waals surface area contributed by atoms with Crippen LogP contribution in [0.4, 0.5) is 0 Å². The zero-order valence-corrected chi connectivity index (χ0v) is 16.6. The second kappa shape index (κ2) is 7.57. The van der Waals surface area contributed by atoms with E-state index in [0.29, 0.717) is 11.1 Å². The Bertz CT molecular complexity index is 984. The van der Waals surface area contributed by atoms with E-state index in [9.17, 15) is 9.90 Å². The quantitative estimate of drug-likeness (QED) is 0.664. The lowest BCUT2D eigenvalue weighted by atomic mass is 9.93. The van der Waals surface area contributed by atoms with Gasteiger partial charge in [-0.05, 0) is 61.5 Å². The van der Waals surface area contributed by atoms with E-state index >= 15 is 0 Å². The summed E-state index contributed by atoms with van der Waals surface area (Å²) in [6, 6.07) is 13.9. The minimum Gasteiger partial charge on any atom is -0.497 e. The highest BCUT2D eigenvalue weighted by atomic mass is 16.5. The maximum absolute atomic E-state index is 13.6. The fourth-order valence-corrected chi connectivity index (χ4v) is 3.87. The number of rotatable bonds is 5. The summed E-state index contributed by atoms with van der Waals surface area (Å²) in [5.74, 6) is 0.692. The molecule has 1 amide bonds. The molecule has 3 aromatic rings. The van der Waals surface area contributed by atoms with Crippen molar-refractivity contribution in [1.82, 2.24) is 4.90 Å². The van der Waals surface area contributed by atoms with Crippen molar-refractivity contribution in [2.24, 2.45) is 0 Å². The Hall–Kier alpha value is -2.59. The van der Waals surface area contributed by atoms with Gasteiger partial charge >= 0.3 is 0 Å². The fourth-order valence-electron chi connectivity index (χ4n) is 3.87. The summed E-state index contributed by atoms with van der Waals surface area (Å²) in [7, 11) is 1.64. The van der Waals surface area contributed by atoms with E-state index in [1.54, 1.807) is 7.11 Å². The van der Waals surface area contributed by atoms with Gasteiger partial charge in [0, 0.05) is 17.5 Å². The second-order valence-electron chi connectivity index (χ2n) is 7.41. The van der Waals surface area contributed by atoms with Gasteiger partial charge in [-0.3, -0.25) is 4.79 Å². The summed E-state index contributed by atoms with van der Waals surface area (Å²) in [5, 5.41) is 13.8. The molecule has 0 spiro atoms. The number of ether oxygens (including phenoxy) is 1. The number of nitrogens with zero attached hydrogens (tertiary/aromatic N) is 1. The van der Waals surface area contributed by atoms with Gasteiger partial charge in [-0.1, -0.05) is 30.3 Å². The first-order chi connectivity index (χ1) is 12.9. The molecule has 1 N–H and O–H groups in total. The van der Waals surface area contributed by atoms with Gasteiger partial charge < -0.3 is 14.7 Å². The molecule has 27 heavy (non-hydrogen) atoms. The molecule has 0 heterocycles. The SMILES string of the molecule is COc1ccc2ccc3ccc(CO)c(C(=O)N(C(C)C)C(C)C)c3c2c1. The number of fused-ring (bicyclic) bond motifs is 3. The third-order valence-electron chi connectivity index (χ3n) is 5.03. The molecule has 0 bridgehead atoms. The van der Waals surface area contributed by atoms with Crippen LogP contribution in [0.2, 0.25) is 0 Å². The third kappa shape index (κ3) is 3.37. The summed E-state index contributed by atoms with van der Waals surface area (Å²) in [6.45, 7) is 7.89. The topological polar surface area (TPSA) is 49.8 Å². The molecule has 4 nitrogen and oxygen atoms in total. The standard InChI is InChI=1S/C23H27NO3/c1-14(2)24(15(3)4)23(26)22-18(13-25)9-8-17-7-6-16-10-11-19(27-5)12-20(16)21(17)22/h6-12,14-15,25H,13H2,1-5H3. The number of carbonyl (C=O) groups excluding carboxylic acids is 1. The number of aliphatic hydroxyl groups excluding tert-OH is 1. The van der Waals surface area contributed by atoms with Crippen LogP contribution >= 0.6 is 0 Å². The molecule has 0 atom stereocenters. The molecule has 0 aliphatic carbocycles. The Morgan fingerprint density at radius 1 is 1.00 bits per heavy atom. The second-order valence-corrected chi connectivity index (χ2v) is 7.41. The highest BCUT2D eigenvalue weighted by Gasteiger charge is 2.26. The lowest BCUT2D eigenvalue weighted by molar-refractivity contribution is 0.0642. The molecule has 4 heteroatoms.